The second-order valence-corrected chi connectivity index (χ2v) is 4.78. The average Bonchev–Trinajstić information content (AvgIpc) is 2.85. The number of carbonyl (C=O) groups excluding carboxylic acids is 1. The number of hydrogen-bond acceptors (Lipinski definition) is 3. The van der Waals surface area contributed by atoms with E-state index < -0.39 is 5.82 Å². The summed E-state index contributed by atoms with van der Waals surface area (Å²) in [6.07, 6.45) is 1.64. The van der Waals surface area contributed by atoms with Crippen LogP contribution < -0.4 is 11.1 Å². The molecule has 6 heteroatoms. The molecular weight excluding hydrogens is 271 g/mol. The van der Waals surface area contributed by atoms with E-state index in [9.17, 15) is 9.18 Å². The first kappa shape index (κ1) is 15.0. The molecule has 0 radical (unpaired) electrons. The molecule has 1 heterocycles. The summed E-state index contributed by atoms with van der Waals surface area (Å²) < 4.78 is 14.8. The molecule has 0 bridgehead atoms. The number of halogens is 1. The summed E-state index contributed by atoms with van der Waals surface area (Å²) in [4.78, 5) is 12.0. The third-order valence-electron chi connectivity index (χ3n) is 3.21. The molecule has 21 heavy (non-hydrogen) atoms. The number of anilines is 2. The number of amides is 1. The molecule has 0 saturated heterocycles. The molecule has 112 valence electrons. The Morgan fingerprint density at radius 2 is 2.10 bits per heavy atom. The van der Waals surface area contributed by atoms with Crippen molar-refractivity contribution in [2.45, 2.75) is 33.2 Å². The van der Waals surface area contributed by atoms with Gasteiger partial charge in [0.05, 0.1) is 11.4 Å². The standard InChI is InChI=1S/C15H19FN4O/c1-3-10-7-12(4-2)20(19-10)9-15(21)18-11-5-6-13(16)14(17)8-11/h5-8H,3-4,9,17H2,1-2H3,(H,18,21). The lowest BCUT2D eigenvalue weighted by Gasteiger charge is -2.08. The first-order valence-corrected chi connectivity index (χ1v) is 6.94. The number of nitrogen functional groups attached to an aromatic ring is 1. The summed E-state index contributed by atoms with van der Waals surface area (Å²) in [5, 5.41) is 7.07. The third-order valence-corrected chi connectivity index (χ3v) is 3.21. The second kappa shape index (κ2) is 6.39. The third kappa shape index (κ3) is 3.59. The minimum Gasteiger partial charge on any atom is -0.396 e. The van der Waals surface area contributed by atoms with Crippen molar-refractivity contribution in [3.63, 3.8) is 0 Å². The van der Waals surface area contributed by atoms with Crippen LogP contribution in [0.5, 0.6) is 0 Å². The van der Waals surface area contributed by atoms with Crippen LogP contribution in [-0.4, -0.2) is 15.7 Å². The predicted octanol–water partition coefficient (Wildman–Crippen LogP) is 2.37. The van der Waals surface area contributed by atoms with Crippen LogP contribution in [-0.2, 0) is 24.2 Å². The highest BCUT2D eigenvalue weighted by Gasteiger charge is 2.10. The van der Waals surface area contributed by atoms with Crippen molar-refractivity contribution in [3.05, 3.63) is 41.5 Å². The van der Waals surface area contributed by atoms with Crippen LogP contribution in [0.2, 0.25) is 0 Å². The lowest BCUT2D eigenvalue weighted by atomic mass is 10.2. The van der Waals surface area contributed by atoms with Gasteiger partial charge in [-0.2, -0.15) is 5.10 Å². The quantitative estimate of drug-likeness (QED) is 0.830. The number of aromatic nitrogens is 2. The largest absolute Gasteiger partial charge is 0.396 e. The normalized spacial score (nSPS) is 10.6. The van der Waals surface area contributed by atoms with E-state index in [1.54, 1.807) is 4.68 Å². The highest BCUT2D eigenvalue weighted by atomic mass is 19.1. The summed E-state index contributed by atoms with van der Waals surface area (Å²) in [7, 11) is 0. The fourth-order valence-electron chi connectivity index (χ4n) is 2.07. The SMILES string of the molecule is CCc1cc(CC)n(CC(=O)Nc2ccc(F)c(N)c2)n1. The summed E-state index contributed by atoms with van der Waals surface area (Å²) in [6.45, 7) is 4.17. The summed E-state index contributed by atoms with van der Waals surface area (Å²) in [5.74, 6) is -0.720. The van der Waals surface area contributed by atoms with Crippen LogP contribution in [0.25, 0.3) is 0 Å². The minimum atomic E-state index is -0.499. The fraction of sp³-hybridized carbons (Fsp3) is 0.333. The highest BCUT2D eigenvalue weighted by Crippen LogP contribution is 2.16. The summed E-state index contributed by atoms with van der Waals surface area (Å²) in [5.41, 5.74) is 7.93. The van der Waals surface area contributed by atoms with Gasteiger partial charge in [0, 0.05) is 11.4 Å². The molecule has 1 amide bonds. The van der Waals surface area contributed by atoms with Gasteiger partial charge in [0.25, 0.3) is 0 Å². The Morgan fingerprint density at radius 3 is 2.71 bits per heavy atom. The zero-order chi connectivity index (χ0) is 15.4. The Hall–Kier alpha value is -2.37. The Bertz CT molecular complexity index is 651. The van der Waals surface area contributed by atoms with E-state index >= 15 is 0 Å². The number of nitrogens with zero attached hydrogens (tertiary/aromatic N) is 2. The number of carbonyl (C=O) groups is 1. The topological polar surface area (TPSA) is 72.9 Å². The smallest absolute Gasteiger partial charge is 0.246 e. The first-order chi connectivity index (χ1) is 10.0. The summed E-state index contributed by atoms with van der Waals surface area (Å²) >= 11 is 0. The molecular formula is C15H19FN4O. The van der Waals surface area contributed by atoms with Crippen LogP contribution in [0, 0.1) is 5.82 Å². The predicted molar refractivity (Wildman–Crippen MR) is 80.4 cm³/mol. The number of aryl methyl sites for hydroxylation is 2. The van der Waals surface area contributed by atoms with Gasteiger partial charge >= 0.3 is 0 Å². The van der Waals surface area contributed by atoms with Crippen LogP contribution in [0.3, 0.4) is 0 Å². The van der Waals surface area contributed by atoms with Crippen LogP contribution in [0.4, 0.5) is 15.8 Å². The molecule has 0 aliphatic carbocycles. The molecule has 0 atom stereocenters. The molecule has 0 aliphatic heterocycles. The van der Waals surface area contributed by atoms with Gasteiger partial charge in [-0.3, -0.25) is 9.48 Å². The van der Waals surface area contributed by atoms with Gasteiger partial charge < -0.3 is 11.1 Å². The number of rotatable bonds is 5. The van der Waals surface area contributed by atoms with E-state index in [-0.39, 0.29) is 18.1 Å². The highest BCUT2D eigenvalue weighted by molar-refractivity contribution is 5.91. The Morgan fingerprint density at radius 1 is 1.33 bits per heavy atom. The monoisotopic (exact) mass is 290 g/mol. The van der Waals surface area contributed by atoms with Crippen LogP contribution in [0.15, 0.2) is 24.3 Å². The molecule has 1 aromatic heterocycles. The molecule has 0 unspecified atom stereocenters. The number of nitrogens with one attached hydrogen (secondary N) is 1. The molecule has 0 saturated carbocycles. The minimum absolute atomic E-state index is 0.00871. The Labute approximate surface area is 123 Å². The molecule has 0 fully saturated rings. The van der Waals surface area contributed by atoms with Crippen molar-refractivity contribution in [3.8, 4) is 0 Å². The second-order valence-electron chi connectivity index (χ2n) is 4.78. The molecule has 5 nitrogen and oxygen atoms in total. The lowest BCUT2D eigenvalue weighted by Crippen LogP contribution is -2.21. The van der Waals surface area contributed by atoms with E-state index in [4.69, 9.17) is 5.73 Å². The number of hydrogen-bond donors (Lipinski definition) is 2. The molecule has 3 N–H and O–H groups in total. The van der Waals surface area contributed by atoms with Crippen molar-refractivity contribution in [2.24, 2.45) is 0 Å². The lowest BCUT2D eigenvalue weighted by molar-refractivity contribution is -0.116. The number of benzene rings is 1. The summed E-state index contributed by atoms with van der Waals surface area (Å²) in [6, 6.07) is 6.11. The fourth-order valence-corrected chi connectivity index (χ4v) is 2.07. The van der Waals surface area contributed by atoms with E-state index in [1.807, 2.05) is 19.9 Å². The molecule has 0 aliphatic rings. The molecule has 2 rings (SSSR count). The van der Waals surface area contributed by atoms with Gasteiger partial charge in [0.15, 0.2) is 0 Å². The van der Waals surface area contributed by atoms with Crippen molar-refractivity contribution in [1.29, 1.82) is 0 Å². The maximum absolute atomic E-state index is 13.1. The molecule has 1 aromatic carbocycles. The van der Waals surface area contributed by atoms with Crippen LogP contribution >= 0.6 is 0 Å². The van der Waals surface area contributed by atoms with E-state index in [1.165, 1.54) is 18.2 Å². The van der Waals surface area contributed by atoms with Crippen molar-refractivity contribution in [1.82, 2.24) is 9.78 Å². The molecule has 2 aromatic rings. The van der Waals surface area contributed by atoms with Crippen molar-refractivity contribution < 1.29 is 9.18 Å². The average molecular weight is 290 g/mol. The number of nitrogens with two attached hydrogens (primary N) is 1. The van der Waals surface area contributed by atoms with Gasteiger partial charge in [-0.25, -0.2) is 4.39 Å². The molecule has 0 spiro atoms. The van der Waals surface area contributed by atoms with Crippen molar-refractivity contribution >= 4 is 17.3 Å². The van der Waals surface area contributed by atoms with E-state index in [0.29, 0.717) is 5.69 Å². The van der Waals surface area contributed by atoms with E-state index in [0.717, 1.165) is 24.2 Å². The van der Waals surface area contributed by atoms with Gasteiger partial charge in [-0.1, -0.05) is 13.8 Å². The van der Waals surface area contributed by atoms with Gasteiger partial charge in [0.1, 0.15) is 12.4 Å². The Balaban J connectivity index is 2.07. The maximum atomic E-state index is 13.1. The maximum Gasteiger partial charge on any atom is 0.246 e. The van der Waals surface area contributed by atoms with Gasteiger partial charge in [-0.15, -0.1) is 0 Å². The van der Waals surface area contributed by atoms with Crippen LogP contribution in [0.1, 0.15) is 25.2 Å². The van der Waals surface area contributed by atoms with Gasteiger partial charge in [-0.05, 0) is 37.1 Å². The zero-order valence-corrected chi connectivity index (χ0v) is 12.2. The van der Waals surface area contributed by atoms with Gasteiger partial charge in [0.2, 0.25) is 5.91 Å². The Kier molecular flexibility index (Phi) is 4.57. The van der Waals surface area contributed by atoms with E-state index in [2.05, 4.69) is 10.4 Å². The zero-order valence-electron chi connectivity index (χ0n) is 12.2. The van der Waals surface area contributed by atoms with Crippen molar-refractivity contribution in [2.75, 3.05) is 11.1 Å². The first-order valence-electron chi connectivity index (χ1n) is 6.94.